The smallest absolute Gasteiger partial charge is 0.216 e. The minimum Gasteiger partial charge on any atom is -0.382 e. The first-order chi connectivity index (χ1) is 8.61. The van der Waals surface area contributed by atoms with Crippen LogP contribution in [0.25, 0.3) is 0 Å². The van der Waals surface area contributed by atoms with Crippen molar-refractivity contribution in [3.05, 3.63) is 26.2 Å². The largest absolute Gasteiger partial charge is 0.382 e. The molecular weight excluding hydrogens is 290 g/mol. The summed E-state index contributed by atoms with van der Waals surface area (Å²) < 4.78 is 0.589. The molecule has 0 unspecified atom stereocenters. The summed E-state index contributed by atoms with van der Waals surface area (Å²) in [5.41, 5.74) is 5.77. The average molecular weight is 302 g/mol. The second-order valence-electron chi connectivity index (χ2n) is 3.59. The molecule has 0 spiro atoms. The van der Waals surface area contributed by atoms with E-state index < -0.39 is 0 Å². The molecule has 0 fully saturated rings. The third kappa shape index (κ3) is 2.82. The van der Waals surface area contributed by atoms with Crippen LogP contribution in [0.5, 0.6) is 0 Å². The van der Waals surface area contributed by atoms with E-state index in [-0.39, 0.29) is 11.6 Å². The Morgan fingerprint density at radius 1 is 1.50 bits per heavy atom. The number of halogens is 1. The lowest BCUT2D eigenvalue weighted by molar-refractivity contribution is 0.104. The Kier molecular flexibility index (Phi) is 4.21. The van der Waals surface area contributed by atoms with E-state index in [1.165, 1.54) is 22.7 Å². The van der Waals surface area contributed by atoms with Gasteiger partial charge >= 0.3 is 0 Å². The number of aromatic nitrogens is 1. The van der Waals surface area contributed by atoms with Crippen molar-refractivity contribution in [2.75, 3.05) is 17.6 Å². The third-order valence-electron chi connectivity index (χ3n) is 2.18. The molecule has 2 rings (SSSR count). The first-order valence-corrected chi connectivity index (χ1v) is 7.43. The number of hydrogen-bond donors (Lipinski definition) is 2. The van der Waals surface area contributed by atoms with Crippen molar-refractivity contribution in [3.8, 4) is 0 Å². The summed E-state index contributed by atoms with van der Waals surface area (Å²) in [5, 5.41) is 3.80. The van der Waals surface area contributed by atoms with Gasteiger partial charge in [-0.1, -0.05) is 29.9 Å². The van der Waals surface area contributed by atoms with Gasteiger partial charge in [0.2, 0.25) is 5.78 Å². The predicted molar refractivity (Wildman–Crippen MR) is 78.1 cm³/mol. The van der Waals surface area contributed by atoms with Crippen LogP contribution in [-0.2, 0) is 0 Å². The maximum absolute atomic E-state index is 12.2. The first kappa shape index (κ1) is 13.3. The number of rotatable bonds is 5. The van der Waals surface area contributed by atoms with Crippen molar-refractivity contribution in [2.45, 2.75) is 13.3 Å². The van der Waals surface area contributed by atoms with Gasteiger partial charge in [0.1, 0.15) is 10.7 Å². The van der Waals surface area contributed by atoms with Crippen LogP contribution in [-0.4, -0.2) is 17.3 Å². The van der Waals surface area contributed by atoms with Gasteiger partial charge in [-0.25, -0.2) is 4.98 Å². The van der Waals surface area contributed by atoms with E-state index >= 15 is 0 Å². The number of thiazole rings is 1. The van der Waals surface area contributed by atoms with E-state index in [1.807, 2.05) is 0 Å². The zero-order valence-electron chi connectivity index (χ0n) is 9.70. The van der Waals surface area contributed by atoms with Crippen LogP contribution in [0.3, 0.4) is 0 Å². The minimum absolute atomic E-state index is 0.119. The zero-order chi connectivity index (χ0) is 13.1. The van der Waals surface area contributed by atoms with Gasteiger partial charge in [0, 0.05) is 6.54 Å². The third-order valence-corrected chi connectivity index (χ3v) is 4.44. The molecule has 3 N–H and O–H groups in total. The highest BCUT2D eigenvalue weighted by Gasteiger charge is 2.19. The number of ketones is 1. The fraction of sp³-hybridized carbons (Fsp3) is 0.273. The standard InChI is InChI=1S/C11H12ClN3OS2/c1-2-5-14-11-15-10(13)9(18-11)8(16)6-3-4-7(12)17-6/h3-4H,2,5,13H2,1H3,(H,14,15). The van der Waals surface area contributed by atoms with Gasteiger partial charge in [-0.15, -0.1) is 11.3 Å². The Labute approximate surface area is 118 Å². The number of anilines is 2. The van der Waals surface area contributed by atoms with E-state index in [0.717, 1.165) is 13.0 Å². The molecule has 2 heterocycles. The summed E-state index contributed by atoms with van der Waals surface area (Å²) in [7, 11) is 0. The molecule has 2 aromatic rings. The molecule has 0 aliphatic carbocycles. The first-order valence-electron chi connectivity index (χ1n) is 5.42. The monoisotopic (exact) mass is 301 g/mol. The molecule has 96 valence electrons. The van der Waals surface area contributed by atoms with Gasteiger partial charge < -0.3 is 11.1 Å². The van der Waals surface area contributed by atoms with Gasteiger partial charge in [-0.2, -0.15) is 0 Å². The van der Waals surface area contributed by atoms with E-state index in [2.05, 4.69) is 17.2 Å². The maximum atomic E-state index is 12.2. The molecule has 0 atom stereocenters. The van der Waals surface area contributed by atoms with Crippen LogP contribution in [0.2, 0.25) is 4.34 Å². The van der Waals surface area contributed by atoms with Crippen LogP contribution in [0.1, 0.15) is 27.9 Å². The van der Waals surface area contributed by atoms with E-state index in [4.69, 9.17) is 17.3 Å². The predicted octanol–water partition coefficient (Wildman–Crippen LogP) is 3.49. The Morgan fingerprint density at radius 3 is 2.89 bits per heavy atom. The van der Waals surface area contributed by atoms with E-state index in [9.17, 15) is 4.79 Å². The Balaban J connectivity index is 2.22. The maximum Gasteiger partial charge on any atom is 0.216 e. The number of carbonyl (C=O) groups excluding carboxylic acids is 1. The summed E-state index contributed by atoms with van der Waals surface area (Å²) in [6, 6.07) is 3.40. The van der Waals surface area contributed by atoms with Crippen LogP contribution >= 0.6 is 34.3 Å². The van der Waals surface area contributed by atoms with Crippen molar-refractivity contribution < 1.29 is 4.79 Å². The second-order valence-corrected chi connectivity index (χ2v) is 6.31. The quantitative estimate of drug-likeness (QED) is 0.830. The number of hydrogen-bond acceptors (Lipinski definition) is 6. The van der Waals surface area contributed by atoms with Crippen molar-refractivity contribution in [1.29, 1.82) is 0 Å². The molecule has 0 saturated heterocycles. The summed E-state index contributed by atoms with van der Waals surface area (Å²) in [6.07, 6.45) is 0.989. The number of nitrogens with zero attached hydrogens (tertiary/aromatic N) is 1. The molecule has 0 radical (unpaired) electrons. The van der Waals surface area contributed by atoms with Gasteiger partial charge in [-0.3, -0.25) is 4.79 Å². The number of carbonyl (C=O) groups is 1. The van der Waals surface area contributed by atoms with Gasteiger partial charge in [0.25, 0.3) is 0 Å². The summed E-state index contributed by atoms with van der Waals surface area (Å²) in [5.74, 6) is 0.152. The Hall–Kier alpha value is -1.11. The van der Waals surface area contributed by atoms with Crippen LogP contribution in [0.15, 0.2) is 12.1 Å². The Morgan fingerprint density at radius 2 is 2.28 bits per heavy atom. The van der Waals surface area contributed by atoms with Crippen molar-refractivity contribution in [3.63, 3.8) is 0 Å². The topological polar surface area (TPSA) is 68.0 Å². The normalized spacial score (nSPS) is 10.6. The van der Waals surface area contributed by atoms with Crippen molar-refractivity contribution in [2.24, 2.45) is 0 Å². The highest BCUT2D eigenvalue weighted by atomic mass is 35.5. The molecule has 0 aromatic carbocycles. The van der Waals surface area contributed by atoms with Crippen molar-refractivity contribution in [1.82, 2.24) is 4.98 Å². The summed E-state index contributed by atoms with van der Waals surface area (Å²) in [4.78, 5) is 17.4. The molecule has 0 aliphatic rings. The van der Waals surface area contributed by atoms with Gasteiger partial charge in [0.05, 0.1) is 9.21 Å². The lowest BCUT2D eigenvalue weighted by atomic mass is 10.3. The number of nitrogens with one attached hydrogen (secondary N) is 1. The minimum atomic E-state index is -0.119. The van der Waals surface area contributed by atoms with Gasteiger partial charge in [-0.05, 0) is 18.6 Å². The van der Waals surface area contributed by atoms with Crippen LogP contribution in [0, 0.1) is 0 Å². The molecule has 0 amide bonds. The lowest BCUT2D eigenvalue weighted by Gasteiger charge is -1.96. The summed E-state index contributed by atoms with van der Waals surface area (Å²) in [6.45, 7) is 2.87. The van der Waals surface area contributed by atoms with Crippen LogP contribution < -0.4 is 11.1 Å². The molecule has 7 heteroatoms. The molecule has 0 bridgehead atoms. The molecule has 0 aliphatic heterocycles. The SMILES string of the molecule is CCCNc1nc(N)c(C(=O)c2ccc(Cl)s2)s1. The molecule has 4 nitrogen and oxygen atoms in total. The van der Waals surface area contributed by atoms with Crippen LogP contribution in [0.4, 0.5) is 10.9 Å². The lowest BCUT2D eigenvalue weighted by Crippen LogP contribution is -2.00. The molecular formula is C11H12ClN3OS2. The molecule has 18 heavy (non-hydrogen) atoms. The van der Waals surface area contributed by atoms with E-state index in [1.54, 1.807) is 12.1 Å². The molecule has 0 saturated carbocycles. The number of thiophene rings is 1. The zero-order valence-corrected chi connectivity index (χ0v) is 12.1. The second kappa shape index (κ2) is 5.69. The fourth-order valence-corrected chi connectivity index (χ4v) is 3.27. The number of nitrogen functional groups attached to an aromatic ring is 1. The Bertz CT molecular complexity index is 564. The average Bonchev–Trinajstić information content (AvgIpc) is 2.92. The van der Waals surface area contributed by atoms with Gasteiger partial charge in [0.15, 0.2) is 5.13 Å². The van der Waals surface area contributed by atoms with E-state index in [0.29, 0.717) is 19.2 Å². The summed E-state index contributed by atoms with van der Waals surface area (Å²) >= 11 is 8.34. The highest BCUT2D eigenvalue weighted by Crippen LogP contribution is 2.30. The number of nitrogens with two attached hydrogens (primary N) is 1. The highest BCUT2D eigenvalue weighted by molar-refractivity contribution is 7.21. The van der Waals surface area contributed by atoms with Crippen molar-refractivity contribution >= 4 is 51.0 Å². The fourth-order valence-electron chi connectivity index (χ4n) is 1.35. The molecule has 2 aromatic heterocycles.